The van der Waals surface area contributed by atoms with Gasteiger partial charge in [-0.2, -0.15) is 0 Å². The van der Waals surface area contributed by atoms with E-state index in [4.69, 9.17) is 4.98 Å². The third kappa shape index (κ3) is 1.83. The fraction of sp³-hybridized carbons (Fsp3) is 0.105. The van der Waals surface area contributed by atoms with Gasteiger partial charge in [-0.1, -0.05) is 66.8 Å². The van der Waals surface area contributed by atoms with Crippen molar-refractivity contribution in [2.45, 2.75) is 11.8 Å². The first-order chi connectivity index (χ1) is 9.92. The predicted octanol–water partition coefficient (Wildman–Crippen LogP) is 4.65. The summed E-state index contributed by atoms with van der Waals surface area (Å²) in [5, 5.41) is 1.21. The highest BCUT2D eigenvalue weighted by molar-refractivity contribution is 5.80. The van der Waals surface area contributed by atoms with Crippen molar-refractivity contribution in [3.8, 4) is 0 Å². The van der Waals surface area contributed by atoms with Gasteiger partial charge in [-0.25, -0.2) is 0 Å². The Balaban J connectivity index is 1.95. The van der Waals surface area contributed by atoms with Crippen LogP contribution in [0.1, 0.15) is 23.1 Å². The van der Waals surface area contributed by atoms with E-state index in [9.17, 15) is 0 Å². The zero-order valence-corrected chi connectivity index (χ0v) is 11.1. The van der Waals surface area contributed by atoms with Crippen LogP contribution in [0.5, 0.6) is 0 Å². The smallest absolute Gasteiger partial charge is 0.0705 e. The molecule has 0 fully saturated rings. The molecule has 0 N–H and O–H groups in total. The van der Waals surface area contributed by atoms with Gasteiger partial charge < -0.3 is 0 Å². The van der Waals surface area contributed by atoms with Crippen molar-refractivity contribution < 1.29 is 0 Å². The molecule has 1 heterocycles. The molecular formula is C19H15N. The first-order valence-electron chi connectivity index (χ1n) is 7.01. The molecule has 0 saturated heterocycles. The maximum absolute atomic E-state index is 4.93. The van der Waals surface area contributed by atoms with E-state index in [1.54, 1.807) is 0 Å². The summed E-state index contributed by atoms with van der Waals surface area (Å²) in [7, 11) is 0. The van der Waals surface area contributed by atoms with E-state index in [2.05, 4.69) is 78.9 Å². The Labute approximate surface area is 118 Å². The van der Waals surface area contributed by atoms with Gasteiger partial charge >= 0.3 is 0 Å². The molecular weight excluding hydrogens is 242 g/mol. The second-order valence-electron chi connectivity index (χ2n) is 5.25. The average molecular weight is 257 g/mol. The lowest BCUT2D eigenvalue weighted by Crippen LogP contribution is -2.04. The lowest BCUT2D eigenvalue weighted by atomic mass is 9.91. The number of pyridine rings is 1. The minimum atomic E-state index is 0.303. The van der Waals surface area contributed by atoms with Gasteiger partial charge in [-0.3, -0.25) is 4.98 Å². The normalized spacial score (nSPS) is 17.8. The molecule has 0 spiro atoms. The molecule has 2 aromatic rings. The van der Waals surface area contributed by atoms with Crippen molar-refractivity contribution in [2.75, 3.05) is 0 Å². The number of allylic oxidation sites excluding steroid dienone is 8. The number of para-hydroxylation sites is 1. The van der Waals surface area contributed by atoms with Gasteiger partial charge in [0.1, 0.15) is 0 Å². The van der Waals surface area contributed by atoms with Crippen molar-refractivity contribution in [2.24, 2.45) is 0 Å². The number of nitrogens with zero attached hydrogens (tertiary/aromatic N) is 1. The van der Waals surface area contributed by atoms with Crippen LogP contribution >= 0.6 is 0 Å². The van der Waals surface area contributed by atoms with E-state index in [1.807, 2.05) is 0 Å². The predicted molar refractivity (Wildman–Crippen MR) is 83.8 cm³/mol. The second-order valence-corrected chi connectivity index (χ2v) is 5.25. The van der Waals surface area contributed by atoms with Gasteiger partial charge in [0, 0.05) is 17.2 Å². The van der Waals surface area contributed by atoms with Crippen LogP contribution in [0.3, 0.4) is 0 Å². The van der Waals surface area contributed by atoms with Crippen LogP contribution in [0.15, 0.2) is 78.9 Å². The van der Waals surface area contributed by atoms with Gasteiger partial charge in [0.05, 0.1) is 11.2 Å². The van der Waals surface area contributed by atoms with Crippen LogP contribution in [0.4, 0.5) is 0 Å². The Morgan fingerprint density at radius 2 is 1.40 bits per heavy atom. The van der Waals surface area contributed by atoms with Crippen molar-refractivity contribution in [3.63, 3.8) is 0 Å². The molecule has 20 heavy (non-hydrogen) atoms. The quantitative estimate of drug-likeness (QED) is 0.763. The fourth-order valence-electron chi connectivity index (χ4n) is 2.93. The van der Waals surface area contributed by atoms with E-state index >= 15 is 0 Å². The Kier molecular flexibility index (Phi) is 2.63. The van der Waals surface area contributed by atoms with Gasteiger partial charge in [0.2, 0.25) is 0 Å². The average Bonchev–Trinajstić information content (AvgIpc) is 3.19. The van der Waals surface area contributed by atoms with E-state index in [0.717, 1.165) is 5.52 Å². The van der Waals surface area contributed by atoms with Crippen LogP contribution in [0, 0.1) is 0 Å². The summed E-state index contributed by atoms with van der Waals surface area (Å²) in [4.78, 5) is 4.93. The number of hydrogen-bond acceptors (Lipinski definition) is 1. The summed E-state index contributed by atoms with van der Waals surface area (Å²) >= 11 is 0. The number of benzene rings is 1. The van der Waals surface area contributed by atoms with Crippen molar-refractivity contribution >= 4 is 10.9 Å². The highest BCUT2D eigenvalue weighted by Gasteiger charge is 2.19. The molecule has 0 radical (unpaired) electrons. The van der Waals surface area contributed by atoms with E-state index in [1.165, 1.54) is 16.6 Å². The molecule has 1 aromatic heterocycles. The van der Waals surface area contributed by atoms with Crippen LogP contribution in [-0.2, 0) is 0 Å². The first kappa shape index (κ1) is 11.4. The Bertz CT molecular complexity index is 687. The minimum Gasteiger partial charge on any atom is -0.252 e. The molecule has 0 atom stereocenters. The third-order valence-electron chi connectivity index (χ3n) is 3.96. The zero-order valence-electron chi connectivity index (χ0n) is 11.1. The largest absolute Gasteiger partial charge is 0.252 e. The standard InChI is InChI=1S/C19H15N/c1-2-8-14(7-1)17-13-16-11-5-6-12-18(16)20-19(17)15-9-3-4-10-15/h1-15H. The molecule has 1 heteroatoms. The lowest BCUT2D eigenvalue weighted by Gasteiger charge is -2.16. The summed E-state index contributed by atoms with van der Waals surface area (Å²) in [5.41, 5.74) is 3.57. The molecule has 2 aliphatic carbocycles. The first-order valence-corrected chi connectivity index (χ1v) is 7.01. The van der Waals surface area contributed by atoms with Gasteiger partial charge in [0.25, 0.3) is 0 Å². The minimum absolute atomic E-state index is 0.303. The molecule has 0 unspecified atom stereocenters. The monoisotopic (exact) mass is 257 g/mol. The number of fused-ring (bicyclic) bond motifs is 1. The molecule has 0 amide bonds. The van der Waals surface area contributed by atoms with E-state index in [-0.39, 0.29) is 0 Å². The third-order valence-corrected chi connectivity index (χ3v) is 3.96. The molecule has 0 saturated carbocycles. The lowest BCUT2D eigenvalue weighted by molar-refractivity contribution is 0.947. The summed E-state index contributed by atoms with van der Waals surface area (Å²) < 4.78 is 0. The maximum Gasteiger partial charge on any atom is 0.0705 e. The molecule has 0 bridgehead atoms. The van der Waals surface area contributed by atoms with Crippen LogP contribution in [0.2, 0.25) is 0 Å². The van der Waals surface area contributed by atoms with Gasteiger partial charge in [-0.05, 0) is 17.7 Å². The van der Waals surface area contributed by atoms with Crippen molar-refractivity contribution in [3.05, 3.63) is 90.2 Å². The number of rotatable bonds is 2. The Morgan fingerprint density at radius 3 is 2.15 bits per heavy atom. The highest BCUT2D eigenvalue weighted by atomic mass is 14.7. The number of aromatic nitrogens is 1. The summed E-state index contributed by atoms with van der Waals surface area (Å²) in [6.07, 6.45) is 17.3. The molecule has 96 valence electrons. The Hall–Kier alpha value is -2.41. The van der Waals surface area contributed by atoms with E-state index < -0.39 is 0 Å². The van der Waals surface area contributed by atoms with Gasteiger partial charge in [-0.15, -0.1) is 0 Å². The topological polar surface area (TPSA) is 12.9 Å². The van der Waals surface area contributed by atoms with E-state index in [0.29, 0.717) is 11.8 Å². The van der Waals surface area contributed by atoms with Crippen molar-refractivity contribution in [1.29, 1.82) is 0 Å². The molecule has 2 aliphatic rings. The van der Waals surface area contributed by atoms with Crippen LogP contribution in [0.25, 0.3) is 10.9 Å². The SMILES string of the molecule is C1=CC(c2cc3ccccc3nc2C2C=CC=C2)C=C1. The van der Waals surface area contributed by atoms with Crippen molar-refractivity contribution in [1.82, 2.24) is 4.98 Å². The maximum atomic E-state index is 4.93. The molecule has 4 rings (SSSR count). The van der Waals surface area contributed by atoms with Crippen LogP contribution < -0.4 is 0 Å². The molecule has 0 aliphatic heterocycles. The molecule has 1 aromatic carbocycles. The zero-order chi connectivity index (χ0) is 13.4. The molecule has 1 nitrogen and oxygen atoms in total. The second kappa shape index (κ2) is 4.61. The fourth-order valence-corrected chi connectivity index (χ4v) is 2.93. The summed E-state index contributed by atoms with van der Waals surface area (Å²) in [5.74, 6) is 0.654. The summed E-state index contributed by atoms with van der Waals surface area (Å²) in [6.45, 7) is 0. The Morgan fingerprint density at radius 1 is 0.750 bits per heavy atom. The highest BCUT2D eigenvalue weighted by Crippen LogP contribution is 2.34. The van der Waals surface area contributed by atoms with Gasteiger partial charge in [0.15, 0.2) is 0 Å². The van der Waals surface area contributed by atoms with Crippen LogP contribution in [-0.4, -0.2) is 4.98 Å². The summed E-state index contributed by atoms with van der Waals surface area (Å²) in [6, 6.07) is 10.6. The number of hydrogen-bond donors (Lipinski definition) is 0.